The van der Waals surface area contributed by atoms with Crippen LogP contribution in [0.15, 0.2) is 54.6 Å². The van der Waals surface area contributed by atoms with E-state index in [4.69, 9.17) is 5.11 Å². The number of thioether (sulfide) groups is 1. The van der Waals surface area contributed by atoms with Crippen molar-refractivity contribution in [1.29, 1.82) is 0 Å². The molecule has 26 heavy (non-hydrogen) atoms. The molecule has 2 aromatic carbocycles. The van der Waals surface area contributed by atoms with Crippen molar-refractivity contribution in [1.82, 2.24) is 4.90 Å². The Kier molecular flexibility index (Phi) is 7.15. The van der Waals surface area contributed by atoms with E-state index in [0.29, 0.717) is 18.2 Å². The highest BCUT2D eigenvalue weighted by Crippen LogP contribution is 2.22. The molecular weight excluding hydrogens is 342 g/mol. The third-order valence-electron chi connectivity index (χ3n) is 4.94. The molecule has 0 aliphatic carbocycles. The summed E-state index contributed by atoms with van der Waals surface area (Å²) in [5.41, 5.74) is 3.56. The van der Waals surface area contributed by atoms with Crippen molar-refractivity contribution >= 4 is 17.7 Å². The number of carbonyl (C=O) groups excluding carboxylic acids is 1. The Bertz CT molecular complexity index is 687. The molecule has 0 saturated carbocycles. The second-order valence-electron chi connectivity index (χ2n) is 6.96. The van der Waals surface area contributed by atoms with Crippen molar-refractivity contribution in [2.24, 2.45) is 5.92 Å². The van der Waals surface area contributed by atoms with Crippen LogP contribution in [-0.4, -0.2) is 34.8 Å². The first kappa shape index (κ1) is 19.0. The molecule has 0 bridgehead atoms. The van der Waals surface area contributed by atoms with E-state index >= 15 is 0 Å². The summed E-state index contributed by atoms with van der Waals surface area (Å²) < 4.78 is 0. The molecule has 1 aliphatic heterocycles. The molecule has 1 fully saturated rings. The average molecular weight is 370 g/mol. The van der Waals surface area contributed by atoms with Gasteiger partial charge in [-0.1, -0.05) is 54.6 Å². The Morgan fingerprint density at radius 3 is 2.50 bits per heavy atom. The molecule has 1 amide bonds. The van der Waals surface area contributed by atoms with Gasteiger partial charge in [0.15, 0.2) is 0 Å². The maximum absolute atomic E-state index is 12.4. The number of nitrogens with zero attached hydrogens (tertiary/aromatic N) is 1. The zero-order valence-corrected chi connectivity index (χ0v) is 16.0. The number of amides is 1. The van der Waals surface area contributed by atoms with E-state index in [1.807, 2.05) is 34.9 Å². The summed E-state index contributed by atoms with van der Waals surface area (Å²) in [5, 5.41) is 9.12. The van der Waals surface area contributed by atoms with Gasteiger partial charge in [-0.05, 0) is 35.4 Å². The lowest BCUT2D eigenvalue weighted by atomic mass is 9.98. The van der Waals surface area contributed by atoms with Gasteiger partial charge in [0.2, 0.25) is 5.91 Å². The van der Waals surface area contributed by atoms with E-state index in [2.05, 4.69) is 36.4 Å². The third-order valence-corrected chi connectivity index (χ3v) is 5.97. The number of rotatable bonds is 8. The van der Waals surface area contributed by atoms with Crippen LogP contribution in [0.5, 0.6) is 0 Å². The fraction of sp³-hybridized carbons (Fsp3) is 0.409. The van der Waals surface area contributed by atoms with E-state index in [0.717, 1.165) is 43.0 Å². The molecule has 0 radical (unpaired) electrons. The van der Waals surface area contributed by atoms with Crippen molar-refractivity contribution in [2.45, 2.75) is 31.6 Å². The normalized spacial score (nSPS) is 16.8. The van der Waals surface area contributed by atoms with E-state index in [1.165, 1.54) is 11.1 Å². The predicted octanol–water partition coefficient (Wildman–Crippen LogP) is 3.89. The lowest BCUT2D eigenvalue weighted by Gasteiger charge is -2.16. The van der Waals surface area contributed by atoms with Crippen LogP contribution in [-0.2, 0) is 23.6 Å². The fourth-order valence-electron chi connectivity index (χ4n) is 3.42. The summed E-state index contributed by atoms with van der Waals surface area (Å²) in [6.07, 6.45) is 2.73. The molecule has 2 aromatic rings. The van der Waals surface area contributed by atoms with Gasteiger partial charge in [-0.25, -0.2) is 0 Å². The van der Waals surface area contributed by atoms with Crippen molar-refractivity contribution in [2.75, 3.05) is 18.8 Å². The summed E-state index contributed by atoms with van der Waals surface area (Å²) in [6, 6.07) is 18.6. The Morgan fingerprint density at radius 2 is 1.77 bits per heavy atom. The van der Waals surface area contributed by atoms with Crippen LogP contribution in [0.1, 0.15) is 29.5 Å². The van der Waals surface area contributed by atoms with Crippen molar-refractivity contribution in [3.05, 3.63) is 71.3 Å². The summed E-state index contributed by atoms with van der Waals surface area (Å²) in [4.78, 5) is 14.5. The summed E-state index contributed by atoms with van der Waals surface area (Å²) in [7, 11) is 0. The third kappa shape index (κ3) is 5.61. The van der Waals surface area contributed by atoms with Gasteiger partial charge < -0.3 is 10.0 Å². The highest BCUT2D eigenvalue weighted by Gasteiger charge is 2.25. The highest BCUT2D eigenvalue weighted by atomic mass is 32.2. The molecule has 3 nitrogen and oxygen atoms in total. The SMILES string of the molecule is O=C(CCSCc1ccccc1)N1CCC(Cc2ccc(CO)cc2)C1. The van der Waals surface area contributed by atoms with E-state index in [-0.39, 0.29) is 6.61 Å². The van der Waals surface area contributed by atoms with Crippen LogP contribution in [0.4, 0.5) is 0 Å². The van der Waals surface area contributed by atoms with Gasteiger partial charge in [0.1, 0.15) is 0 Å². The molecule has 1 atom stereocenters. The van der Waals surface area contributed by atoms with Crippen molar-refractivity contribution in [3.63, 3.8) is 0 Å². The molecule has 1 saturated heterocycles. The Labute approximate surface area is 160 Å². The number of hydrogen-bond donors (Lipinski definition) is 1. The van der Waals surface area contributed by atoms with Gasteiger partial charge in [0.05, 0.1) is 6.61 Å². The minimum absolute atomic E-state index is 0.0915. The second-order valence-corrected chi connectivity index (χ2v) is 8.07. The van der Waals surface area contributed by atoms with Crippen LogP contribution in [0.2, 0.25) is 0 Å². The summed E-state index contributed by atoms with van der Waals surface area (Å²) in [6.45, 7) is 1.86. The van der Waals surface area contributed by atoms with Crippen LogP contribution in [0, 0.1) is 5.92 Å². The van der Waals surface area contributed by atoms with Gasteiger partial charge in [-0.2, -0.15) is 11.8 Å². The number of aliphatic hydroxyl groups excluding tert-OH is 1. The Hall–Kier alpha value is -1.78. The zero-order chi connectivity index (χ0) is 18.2. The number of aliphatic hydroxyl groups is 1. The van der Waals surface area contributed by atoms with Crippen LogP contribution in [0.3, 0.4) is 0 Å². The van der Waals surface area contributed by atoms with Gasteiger partial charge in [0, 0.05) is 31.0 Å². The Balaban J connectivity index is 1.36. The molecule has 1 heterocycles. The average Bonchev–Trinajstić information content (AvgIpc) is 3.15. The van der Waals surface area contributed by atoms with E-state index < -0.39 is 0 Å². The molecular formula is C22H27NO2S. The molecule has 3 rings (SSSR count). The van der Waals surface area contributed by atoms with Gasteiger partial charge in [-0.3, -0.25) is 4.79 Å². The number of carbonyl (C=O) groups is 1. The van der Waals surface area contributed by atoms with Gasteiger partial charge in [0.25, 0.3) is 0 Å². The smallest absolute Gasteiger partial charge is 0.223 e. The van der Waals surface area contributed by atoms with Crippen molar-refractivity contribution < 1.29 is 9.90 Å². The number of likely N-dealkylation sites (tertiary alicyclic amines) is 1. The summed E-state index contributed by atoms with van der Waals surface area (Å²) in [5.74, 6) is 2.71. The highest BCUT2D eigenvalue weighted by molar-refractivity contribution is 7.98. The molecule has 1 N–H and O–H groups in total. The topological polar surface area (TPSA) is 40.5 Å². The molecule has 1 unspecified atom stereocenters. The molecule has 1 aliphatic rings. The molecule has 138 valence electrons. The lowest BCUT2D eigenvalue weighted by molar-refractivity contribution is -0.129. The monoisotopic (exact) mass is 369 g/mol. The summed E-state index contributed by atoms with van der Waals surface area (Å²) >= 11 is 1.83. The minimum Gasteiger partial charge on any atom is -0.392 e. The molecule has 0 aromatic heterocycles. The Morgan fingerprint density at radius 1 is 1.04 bits per heavy atom. The van der Waals surface area contributed by atoms with Crippen LogP contribution >= 0.6 is 11.8 Å². The minimum atomic E-state index is 0.0915. The van der Waals surface area contributed by atoms with Crippen LogP contribution in [0.25, 0.3) is 0 Å². The molecule has 4 heteroatoms. The lowest BCUT2D eigenvalue weighted by Crippen LogP contribution is -2.29. The zero-order valence-electron chi connectivity index (χ0n) is 15.1. The quantitative estimate of drug-likeness (QED) is 0.718. The predicted molar refractivity (Wildman–Crippen MR) is 108 cm³/mol. The van der Waals surface area contributed by atoms with Gasteiger partial charge in [-0.15, -0.1) is 0 Å². The maximum Gasteiger partial charge on any atom is 0.223 e. The number of benzene rings is 2. The maximum atomic E-state index is 12.4. The second kappa shape index (κ2) is 9.79. The van der Waals surface area contributed by atoms with E-state index in [9.17, 15) is 4.79 Å². The molecule has 0 spiro atoms. The first-order chi connectivity index (χ1) is 12.7. The first-order valence-corrected chi connectivity index (χ1v) is 10.5. The fourth-order valence-corrected chi connectivity index (χ4v) is 4.31. The van der Waals surface area contributed by atoms with Crippen molar-refractivity contribution in [3.8, 4) is 0 Å². The largest absolute Gasteiger partial charge is 0.392 e. The number of hydrogen-bond acceptors (Lipinski definition) is 3. The standard InChI is InChI=1S/C22H27NO2S/c24-16-19-8-6-18(7-9-19)14-21-10-12-23(15-21)22(25)11-13-26-17-20-4-2-1-3-5-20/h1-9,21,24H,10-17H2. The van der Waals surface area contributed by atoms with Crippen LogP contribution < -0.4 is 0 Å². The van der Waals surface area contributed by atoms with Gasteiger partial charge >= 0.3 is 0 Å². The first-order valence-electron chi connectivity index (χ1n) is 9.32. The van der Waals surface area contributed by atoms with E-state index in [1.54, 1.807) is 0 Å².